The number of furan rings is 1. The first-order chi connectivity index (χ1) is 13.7. The Bertz CT molecular complexity index is 1030. The van der Waals surface area contributed by atoms with Gasteiger partial charge in [0.2, 0.25) is 0 Å². The Morgan fingerprint density at radius 3 is 2.82 bits per heavy atom. The quantitative estimate of drug-likeness (QED) is 0.404. The van der Waals surface area contributed by atoms with E-state index >= 15 is 0 Å². The number of amides is 1. The van der Waals surface area contributed by atoms with Crippen LogP contribution in [0.2, 0.25) is 0 Å². The average molecular weight is 410 g/mol. The first-order valence-electron chi connectivity index (χ1n) is 8.93. The van der Waals surface area contributed by atoms with Crippen molar-refractivity contribution in [3.05, 3.63) is 87.4 Å². The third-order valence-corrected chi connectivity index (χ3v) is 6.38. The number of pyridine rings is 1. The maximum absolute atomic E-state index is 12.6. The summed E-state index contributed by atoms with van der Waals surface area (Å²) in [5, 5.41) is 9.41. The van der Waals surface area contributed by atoms with Gasteiger partial charge in [-0.2, -0.15) is 0 Å². The number of hydrogen-bond donors (Lipinski definition) is 2. The molecule has 0 fully saturated rings. The van der Waals surface area contributed by atoms with Crippen molar-refractivity contribution < 1.29 is 9.21 Å². The minimum absolute atomic E-state index is 0.113. The van der Waals surface area contributed by atoms with E-state index in [-0.39, 0.29) is 11.9 Å². The molecule has 1 amide bonds. The van der Waals surface area contributed by atoms with Gasteiger partial charge in [0.05, 0.1) is 12.3 Å². The van der Waals surface area contributed by atoms with E-state index in [0.29, 0.717) is 5.76 Å². The normalized spacial score (nSPS) is 11.9. The van der Waals surface area contributed by atoms with E-state index in [4.69, 9.17) is 4.42 Å². The SMILES string of the molecule is CCc1cc(C(Nc2ccccn2)c2cccs2)c(NC(=O)c2ccco2)s1. The molecule has 5 nitrogen and oxygen atoms in total. The number of rotatable bonds is 7. The highest BCUT2D eigenvalue weighted by Crippen LogP contribution is 2.39. The largest absolute Gasteiger partial charge is 0.459 e. The predicted octanol–water partition coefficient (Wildman–Crippen LogP) is 5.81. The highest BCUT2D eigenvalue weighted by Gasteiger charge is 2.23. The van der Waals surface area contributed by atoms with Crippen LogP contribution in [0.3, 0.4) is 0 Å². The first kappa shape index (κ1) is 18.5. The van der Waals surface area contributed by atoms with E-state index in [2.05, 4.69) is 40.1 Å². The van der Waals surface area contributed by atoms with Crippen LogP contribution in [-0.4, -0.2) is 10.9 Å². The molecule has 28 heavy (non-hydrogen) atoms. The van der Waals surface area contributed by atoms with E-state index in [1.165, 1.54) is 11.1 Å². The summed E-state index contributed by atoms with van der Waals surface area (Å²) in [5.74, 6) is 0.828. The van der Waals surface area contributed by atoms with Crippen molar-refractivity contribution in [3.63, 3.8) is 0 Å². The molecular weight excluding hydrogens is 390 g/mol. The van der Waals surface area contributed by atoms with Gasteiger partial charge < -0.3 is 15.1 Å². The van der Waals surface area contributed by atoms with Crippen molar-refractivity contribution in [2.45, 2.75) is 19.4 Å². The fourth-order valence-electron chi connectivity index (χ4n) is 2.87. The molecule has 142 valence electrons. The van der Waals surface area contributed by atoms with Gasteiger partial charge in [-0.05, 0) is 48.2 Å². The van der Waals surface area contributed by atoms with Crippen molar-refractivity contribution in [1.29, 1.82) is 0 Å². The maximum Gasteiger partial charge on any atom is 0.291 e. The van der Waals surface area contributed by atoms with Crippen LogP contribution < -0.4 is 10.6 Å². The van der Waals surface area contributed by atoms with E-state index in [1.54, 1.807) is 41.0 Å². The molecule has 0 saturated carbocycles. The van der Waals surface area contributed by atoms with Gasteiger partial charge >= 0.3 is 0 Å². The minimum atomic E-state index is -0.251. The Labute approximate surface area is 171 Å². The molecule has 1 atom stereocenters. The molecule has 4 aromatic heterocycles. The second kappa shape index (κ2) is 8.41. The maximum atomic E-state index is 12.6. The van der Waals surface area contributed by atoms with Crippen molar-refractivity contribution in [2.24, 2.45) is 0 Å². The van der Waals surface area contributed by atoms with Crippen LogP contribution in [-0.2, 0) is 6.42 Å². The molecule has 4 rings (SSSR count). The number of thiophene rings is 2. The van der Waals surface area contributed by atoms with Gasteiger partial charge in [0.25, 0.3) is 5.91 Å². The Hall–Kier alpha value is -2.90. The summed E-state index contributed by atoms with van der Waals surface area (Å²) < 4.78 is 5.24. The standard InChI is InChI=1S/C21H19N3O2S2/c1-2-14-13-15(21(28-14)24-20(25)16-7-5-11-26-16)19(17-8-6-12-27-17)23-18-9-3-4-10-22-18/h3-13,19H,2H2,1H3,(H,22,23)(H,24,25). The molecule has 0 bridgehead atoms. The van der Waals surface area contributed by atoms with Gasteiger partial charge in [-0.3, -0.25) is 4.79 Å². The van der Waals surface area contributed by atoms with Crippen LogP contribution >= 0.6 is 22.7 Å². The fourth-order valence-corrected chi connectivity index (χ4v) is 4.70. The highest BCUT2D eigenvalue weighted by atomic mass is 32.1. The Morgan fingerprint density at radius 2 is 2.14 bits per heavy atom. The molecule has 0 spiro atoms. The number of nitrogens with zero attached hydrogens (tertiary/aromatic N) is 1. The van der Waals surface area contributed by atoms with Gasteiger partial charge in [0, 0.05) is 21.5 Å². The molecule has 0 aromatic carbocycles. The summed E-state index contributed by atoms with van der Waals surface area (Å²) in [7, 11) is 0. The molecular formula is C21H19N3O2S2. The number of carbonyl (C=O) groups is 1. The molecule has 4 aromatic rings. The van der Waals surface area contributed by atoms with Gasteiger partial charge in [0.1, 0.15) is 10.8 Å². The van der Waals surface area contributed by atoms with E-state index in [9.17, 15) is 4.79 Å². The summed E-state index contributed by atoms with van der Waals surface area (Å²) in [6.45, 7) is 2.11. The van der Waals surface area contributed by atoms with E-state index < -0.39 is 0 Å². The summed E-state index contributed by atoms with van der Waals surface area (Å²) in [6, 6.07) is 15.3. The molecule has 0 aliphatic carbocycles. The molecule has 0 aliphatic heterocycles. The van der Waals surface area contributed by atoms with Crippen LogP contribution in [0.15, 0.2) is 70.8 Å². The fraction of sp³-hybridized carbons (Fsp3) is 0.143. The smallest absolute Gasteiger partial charge is 0.291 e. The van der Waals surface area contributed by atoms with Gasteiger partial charge in [-0.1, -0.05) is 19.1 Å². The lowest BCUT2D eigenvalue weighted by atomic mass is 10.1. The second-order valence-corrected chi connectivity index (χ2v) is 8.21. The monoisotopic (exact) mass is 409 g/mol. The average Bonchev–Trinajstić information content (AvgIpc) is 3.48. The lowest BCUT2D eigenvalue weighted by molar-refractivity contribution is 0.0997. The molecule has 7 heteroatoms. The lowest BCUT2D eigenvalue weighted by Gasteiger charge is -2.19. The topological polar surface area (TPSA) is 67.2 Å². The zero-order chi connectivity index (χ0) is 19.3. The number of carbonyl (C=O) groups excluding carboxylic acids is 1. The summed E-state index contributed by atoms with van der Waals surface area (Å²) >= 11 is 3.26. The van der Waals surface area contributed by atoms with Gasteiger partial charge in [0.15, 0.2) is 5.76 Å². The van der Waals surface area contributed by atoms with Crippen molar-refractivity contribution in [2.75, 3.05) is 10.6 Å². The third kappa shape index (κ3) is 4.00. The minimum Gasteiger partial charge on any atom is -0.459 e. The molecule has 1 unspecified atom stereocenters. The Balaban J connectivity index is 1.71. The molecule has 2 N–H and O–H groups in total. The lowest BCUT2D eigenvalue weighted by Crippen LogP contribution is -2.16. The molecule has 0 saturated heterocycles. The molecule has 0 radical (unpaired) electrons. The van der Waals surface area contributed by atoms with Gasteiger partial charge in [-0.15, -0.1) is 22.7 Å². The Morgan fingerprint density at radius 1 is 1.21 bits per heavy atom. The van der Waals surface area contributed by atoms with E-state index in [0.717, 1.165) is 27.7 Å². The third-order valence-electron chi connectivity index (χ3n) is 4.23. The molecule has 0 aliphatic rings. The zero-order valence-electron chi connectivity index (χ0n) is 15.2. The molecule has 4 heterocycles. The van der Waals surface area contributed by atoms with Crippen molar-refractivity contribution in [1.82, 2.24) is 4.98 Å². The second-order valence-electron chi connectivity index (χ2n) is 6.09. The predicted molar refractivity (Wildman–Crippen MR) is 114 cm³/mol. The van der Waals surface area contributed by atoms with Crippen LogP contribution in [0.25, 0.3) is 0 Å². The van der Waals surface area contributed by atoms with Crippen molar-refractivity contribution in [3.8, 4) is 0 Å². The van der Waals surface area contributed by atoms with Crippen LogP contribution in [0.1, 0.15) is 38.8 Å². The van der Waals surface area contributed by atoms with Gasteiger partial charge in [-0.25, -0.2) is 4.98 Å². The number of nitrogens with one attached hydrogen (secondary N) is 2. The summed E-state index contributed by atoms with van der Waals surface area (Å²) in [4.78, 5) is 19.3. The first-order valence-corrected chi connectivity index (χ1v) is 10.6. The van der Waals surface area contributed by atoms with Crippen molar-refractivity contribution >= 4 is 39.4 Å². The van der Waals surface area contributed by atoms with Crippen LogP contribution in [0, 0.1) is 0 Å². The Kier molecular flexibility index (Phi) is 5.55. The number of anilines is 2. The number of aryl methyl sites for hydroxylation is 1. The number of aromatic nitrogens is 1. The highest BCUT2D eigenvalue weighted by molar-refractivity contribution is 7.16. The summed E-state index contributed by atoms with van der Waals surface area (Å²) in [5.41, 5.74) is 1.02. The number of hydrogen-bond acceptors (Lipinski definition) is 6. The van der Waals surface area contributed by atoms with Crippen LogP contribution in [0.4, 0.5) is 10.8 Å². The van der Waals surface area contributed by atoms with E-state index in [1.807, 2.05) is 24.3 Å². The summed E-state index contributed by atoms with van der Waals surface area (Å²) in [6.07, 6.45) is 4.16. The zero-order valence-corrected chi connectivity index (χ0v) is 16.8. The van der Waals surface area contributed by atoms with Crippen LogP contribution in [0.5, 0.6) is 0 Å².